The van der Waals surface area contributed by atoms with Gasteiger partial charge in [0.2, 0.25) is 0 Å². The third-order valence-electron chi connectivity index (χ3n) is 2.01. The largest absolute Gasteiger partial charge is 0.147 e. The quantitative estimate of drug-likeness (QED) is 0.526. The third-order valence-corrected chi connectivity index (χ3v) is 3.41. The number of hydrogen-bond donors (Lipinski definition) is 0. The molecule has 0 heterocycles. The second-order valence-electron chi connectivity index (χ2n) is 2.62. The lowest BCUT2D eigenvalue weighted by molar-refractivity contribution is 0.514. The van der Waals surface area contributed by atoms with Crippen LogP contribution >= 0.6 is 21.0 Å². The molecule has 0 aromatic carbocycles. The molecule has 0 spiro atoms. The lowest BCUT2D eigenvalue weighted by atomic mass is 10.0. The van der Waals surface area contributed by atoms with Crippen molar-refractivity contribution in [3.05, 3.63) is 0 Å². The van der Waals surface area contributed by atoms with E-state index in [1.165, 1.54) is 40.7 Å². The van der Waals surface area contributed by atoms with Gasteiger partial charge in [0, 0.05) is 0 Å². The van der Waals surface area contributed by atoms with Crippen LogP contribution in [0.15, 0.2) is 0 Å². The van der Waals surface area contributed by atoms with Gasteiger partial charge < -0.3 is 0 Å². The highest BCUT2D eigenvalue weighted by atomic mass is 35.5. The van der Waals surface area contributed by atoms with Crippen molar-refractivity contribution in [1.82, 2.24) is 0 Å². The van der Waals surface area contributed by atoms with Gasteiger partial charge in [-0.3, -0.25) is 0 Å². The smallest absolute Gasteiger partial charge is 0.0239 e. The molecular formula is C7H16ClP. The van der Waals surface area contributed by atoms with Crippen molar-refractivity contribution >= 4 is 21.0 Å². The highest BCUT2D eigenvalue weighted by Crippen LogP contribution is 2.29. The molecule has 0 nitrogen and oxygen atoms in total. The zero-order valence-electron chi connectivity index (χ0n) is 6.02. The van der Waals surface area contributed by atoms with E-state index in [1.807, 2.05) is 0 Å². The minimum absolute atomic E-state index is 0. The summed E-state index contributed by atoms with van der Waals surface area (Å²) < 4.78 is 0. The molecule has 1 saturated carbocycles. The van der Waals surface area contributed by atoms with E-state index < -0.39 is 0 Å². The molecule has 9 heavy (non-hydrogen) atoms. The molecule has 2 heteroatoms. The number of halogens is 1. The Balaban J connectivity index is 0.000000640. The van der Waals surface area contributed by atoms with Crippen molar-refractivity contribution in [3.8, 4) is 0 Å². The summed E-state index contributed by atoms with van der Waals surface area (Å²) in [4.78, 5) is 0. The highest BCUT2D eigenvalue weighted by Gasteiger charge is 2.09. The summed E-state index contributed by atoms with van der Waals surface area (Å²) in [5.74, 6) is 0. The molecule has 1 atom stereocenters. The summed E-state index contributed by atoms with van der Waals surface area (Å²) in [5, 5.41) is 0. The standard InChI is InChI=1S/C7H15P.ClH/c1-8-7-5-3-2-4-6-7;/h7-8H,2-6H2,1H3;1H. The molecule has 1 unspecified atom stereocenters. The maximum absolute atomic E-state index is 2.34. The molecule has 0 saturated heterocycles. The average Bonchev–Trinajstić information content (AvgIpc) is 1.90. The summed E-state index contributed by atoms with van der Waals surface area (Å²) in [6.07, 6.45) is 7.56. The van der Waals surface area contributed by atoms with Gasteiger partial charge in [0.25, 0.3) is 0 Å². The first-order chi connectivity index (χ1) is 3.93. The monoisotopic (exact) mass is 166 g/mol. The zero-order valence-corrected chi connectivity index (χ0v) is 7.84. The van der Waals surface area contributed by atoms with Gasteiger partial charge in [0.1, 0.15) is 0 Å². The molecule has 0 amide bonds. The van der Waals surface area contributed by atoms with E-state index in [0.29, 0.717) is 0 Å². The summed E-state index contributed by atoms with van der Waals surface area (Å²) >= 11 is 0. The van der Waals surface area contributed by atoms with Crippen LogP contribution in [0.5, 0.6) is 0 Å². The van der Waals surface area contributed by atoms with Gasteiger partial charge in [0.05, 0.1) is 0 Å². The minimum Gasteiger partial charge on any atom is -0.147 e. The predicted octanol–water partition coefficient (Wildman–Crippen LogP) is 3.05. The molecule has 0 bridgehead atoms. The molecule has 56 valence electrons. The summed E-state index contributed by atoms with van der Waals surface area (Å²) in [6, 6.07) is 0. The van der Waals surface area contributed by atoms with Crippen LogP contribution in [-0.2, 0) is 0 Å². The zero-order chi connectivity index (χ0) is 5.82. The fourth-order valence-corrected chi connectivity index (χ4v) is 2.38. The first kappa shape index (κ1) is 9.72. The van der Waals surface area contributed by atoms with E-state index >= 15 is 0 Å². The van der Waals surface area contributed by atoms with Crippen LogP contribution in [0.2, 0.25) is 0 Å². The maximum atomic E-state index is 2.34. The molecule has 0 N–H and O–H groups in total. The first-order valence-corrected chi connectivity index (χ1v) is 5.18. The van der Waals surface area contributed by atoms with Gasteiger partial charge >= 0.3 is 0 Å². The van der Waals surface area contributed by atoms with Crippen LogP contribution in [0.4, 0.5) is 0 Å². The topological polar surface area (TPSA) is 0 Å². The van der Waals surface area contributed by atoms with Gasteiger partial charge in [-0.1, -0.05) is 19.3 Å². The Bertz CT molecular complexity index is 59.9. The molecule has 0 aromatic heterocycles. The van der Waals surface area contributed by atoms with Crippen LogP contribution < -0.4 is 0 Å². The van der Waals surface area contributed by atoms with Crippen molar-refractivity contribution in [2.45, 2.75) is 37.8 Å². The maximum Gasteiger partial charge on any atom is -0.0239 e. The molecule has 1 rings (SSSR count). The fourth-order valence-electron chi connectivity index (χ4n) is 1.39. The third kappa shape index (κ3) is 3.43. The van der Waals surface area contributed by atoms with Crippen molar-refractivity contribution in [1.29, 1.82) is 0 Å². The molecular weight excluding hydrogens is 151 g/mol. The first-order valence-electron chi connectivity index (χ1n) is 3.61. The van der Waals surface area contributed by atoms with Crippen LogP contribution in [0.3, 0.4) is 0 Å². The summed E-state index contributed by atoms with van der Waals surface area (Å²) in [5.41, 5.74) is 1.11. The van der Waals surface area contributed by atoms with Gasteiger partial charge in [-0.05, 0) is 25.2 Å². The Morgan fingerprint density at radius 1 is 1.11 bits per heavy atom. The molecule has 1 aliphatic rings. The molecule has 0 radical (unpaired) electrons. The van der Waals surface area contributed by atoms with Crippen molar-refractivity contribution in [2.75, 3.05) is 6.66 Å². The van der Waals surface area contributed by atoms with Gasteiger partial charge in [-0.25, -0.2) is 0 Å². The van der Waals surface area contributed by atoms with Crippen LogP contribution in [-0.4, -0.2) is 12.3 Å². The normalized spacial score (nSPS) is 22.3. The second kappa shape index (κ2) is 5.50. The van der Waals surface area contributed by atoms with Gasteiger partial charge in [0.15, 0.2) is 0 Å². The van der Waals surface area contributed by atoms with Crippen LogP contribution in [0.1, 0.15) is 32.1 Å². The van der Waals surface area contributed by atoms with Crippen molar-refractivity contribution in [2.24, 2.45) is 0 Å². The van der Waals surface area contributed by atoms with Crippen LogP contribution in [0, 0.1) is 0 Å². The van der Waals surface area contributed by atoms with Gasteiger partial charge in [-0.2, -0.15) is 0 Å². The number of rotatable bonds is 1. The van der Waals surface area contributed by atoms with E-state index in [0.717, 1.165) is 5.66 Å². The predicted molar refractivity (Wildman–Crippen MR) is 48.4 cm³/mol. The van der Waals surface area contributed by atoms with E-state index in [1.54, 1.807) is 0 Å². The summed E-state index contributed by atoms with van der Waals surface area (Å²) in [6.45, 7) is 2.34. The second-order valence-corrected chi connectivity index (χ2v) is 4.02. The Labute approximate surface area is 66.0 Å². The minimum atomic E-state index is 0. The van der Waals surface area contributed by atoms with Crippen molar-refractivity contribution < 1.29 is 0 Å². The highest BCUT2D eigenvalue weighted by molar-refractivity contribution is 7.37. The SMILES string of the molecule is CPC1CCCCC1.Cl. The molecule has 1 fully saturated rings. The lowest BCUT2D eigenvalue weighted by Gasteiger charge is -2.18. The van der Waals surface area contributed by atoms with Crippen molar-refractivity contribution in [3.63, 3.8) is 0 Å². The lowest BCUT2D eigenvalue weighted by Crippen LogP contribution is -2.05. The molecule has 1 aliphatic carbocycles. The Hall–Kier alpha value is 0.720. The molecule has 0 aromatic rings. The fraction of sp³-hybridized carbons (Fsp3) is 1.00. The Morgan fingerprint density at radius 3 is 2.00 bits per heavy atom. The van der Waals surface area contributed by atoms with E-state index in [-0.39, 0.29) is 12.4 Å². The number of hydrogen-bond acceptors (Lipinski definition) is 0. The Morgan fingerprint density at radius 2 is 1.67 bits per heavy atom. The summed E-state index contributed by atoms with van der Waals surface area (Å²) in [7, 11) is 1.21. The molecule has 0 aliphatic heterocycles. The van der Waals surface area contributed by atoms with Gasteiger partial charge in [-0.15, -0.1) is 21.0 Å². The average molecular weight is 167 g/mol. The van der Waals surface area contributed by atoms with E-state index in [9.17, 15) is 0 Å². The van der Waals surface area contributed by atoms with Crippen LogP contribution in [0.25, 0.3) is 0 Å². The van der Waals surface area contributed by atoms with E-state index in [2.05, 4.69) is 6.66 Å². The Kier molecular flexibility index (Phi) is 5.94. The van der Waals surface area contributed by atoms with E-state index in [4.69, 9.17) is 0 Å².